The summed E-state index contributed by atoms with van der Waals surface area (Å²) in [5.74, 6) is 1.75. The standard InChI is InChI=1S/C21H28N2O3/c1-2-10-23-18-9-11-22(14-17(18)6-8-20(23)24)21(25)16-5-7-19-15(13-16)4-3-12-26-19/h5,7,13,17-18H,2-4,6,8-12,14H2,1H3. The molecule has 1 aromatic rings. The van der Waals surface area contributed by atoms with Crippen molar-refractivity contribution in [1.29, 1.82) is 0 Å². The first-order valence-electron chi connectivity index (χ1n) is 10.0. The molecule has 1 aromatic carbocycles. The number of carbonyl (C=O) groups is 2. The lowest BCUT2D eigenvalue weighted by Crippen LogP contribution is -2.57. The largest absolute Gasteiger partial charge is 0.493 e. The van der Waals surface area contributed by atoms with Crippen LogP contribution in [0.5, 0.6) is 5.75 Å². The highest BCUT2D eigenvalue weighted by molar-refractivity contribution is 5.94. The molecule has 2 unspecified atom stereocenters. The number of amides is 2. The zero-order chi connectivity index (χ0) is 18.1. The molecule has 0 radical (unpaired) electrons. The number of hydrogen-bond acceptors (Lipinski definition) is 3. The lowest BCUT2D eigenvalue weighted by molar-refractivity contribution is -0.140. The molecule has 26 heavy (non-hydrogen) atoms. The van der Waals surface area contributed by atoms with E-state index in [0.29, 0.717) is 24.3 Å². The maximum absolute atomic E-state index is 13.0. The van der Waals surface area contributed by atoms with Crippen LogP contribution in [-0.4, -0.2) is 53.9 Å². The number of carbonyl (C=O) groups excluding carboxylic acids is 2. The molecule has 140 valence electrons. The Labute approximate surface area is 155 Å². The van der Waals surface area contributed by atoms with Crippen molar-refractivity contribution >= 4 is 11.8 Å². The van der Waals surface area contributed by atoms with Gasteiger partial charge < -0.3 is 14.5 Å². The van der Waals surface area contributed by atoms with E-state index >= 15 is 0 Å². The number of likely N-dealkylation sites (tertiary alicyclic amines) is 2. The fourth-order valence-electron chi connectivity index (χ4n) is 4.74. The van der Waals surface area contributed by atoms with E-state index in [1.807, 2.05) is 23.1 Å². The summed E-state index contributed by atoms with van der Waals surface area (Å²) in [5.41, 5.74) is 1.92. The van der Waals surface area contributed by atoms with Crippen LogP contribution in [0, 0.1) is 5.92 Å². The molecule has 0 N–H and O–H groups in total. The van der Waals surface area contributed by atoms with E-state index in [0.717, 1.165) is 75.2 Å². The van der Waals surface area contributed by atoms with Gasteiger partial charge in [0.1, 0.15) is 5.75 Å². The number of rotatable bonds is 3. The molecule has 0 aromatic heterocycles. The van der Waals surface area contributed by atoms with E-state index in [-0.39, 0.29) is 5.91 Å². The summed E-state index contributed by atoms with van der Waals surface area (Å²) in [4.78, 5) is 29.4. The molecule has 2 atom stereocenters. The van der Waals surface area contributed by atoms with Crippen molar-refractivity contribution in [1.82, 2.24) is 9.80 Å². The third-order valence-electron chi connectivity index (χ3n) is 6.05. The molecule has 0 aliphatic carbocycles. The molecule has 2 amide bonds. The van der Waals surface area contributed by atoms with E-state index in [4.69, 9.17) is 4.74 Å². The van der Waals surface area contributed by atoms with Crippen molar-refractivity contribution < 1.29 is 14.3 Å². The fourth-order valence-corrected chi connectivity index (χ4v) is 4.74. The minimum atomic E-state index is 0.121. The number of piperidine rings is 2. The van der Waals surface area contributed by atoms with Crippen molar-refractivity contribution in [2.75, 3.05) is 26.2 Å². The van der Waals surface area contributed by atoms with Crippen LogP contribution >= 0.6 is 0 Å². The average Bonchev–Trinajstić information content (AvgIpc) is 2.69. The number of nitrogens with zero attached hydrogens (tertiary/aromatic N) is 2. The van der Waals surface area contributed by atoms with Crippen molar-refractivity contribution in [3.8, 4) is 5.75 Å². The monoisotopic (exact) mass is 356 g/mol. The third kappa shape index (κ3) is 3.19. The van der Waals surface area contributed by atoms with Crippen LogP contribution in [0.1, 0.15) is 54.9 Å². The van der Waals surface area contributed by atoms with Gasteiger partial charge in [0.15, 0.2) is 0 Å². The second-order valence-electron chi connectivity index (χ2n) is 7.77. The van der Waals surface area contributed by atoms with Gasteiger partial charge in [-0.1, -0.05) is 6.92 Å². The van der Waals surface area contributed by atoms with Gasteiger partial charge in [-0.2, -0.15) is 0 Å². The van der Waals surface area contributed by atoms with E-state index in [1.54, 1.807) is 0 Å². The molecule has 5 nitrogen and oxygen atoms in total. The predicted molar refractivity (Wildman–Crippen MR) is 99.3 cm³/mol. The number of fused-ring (bicyclic) bond motifs is 2. The van der Waals surface area contributed by atoms with Gasteiger partial charge in [-0.25, -0.2) is 0 Å². The Hall–Kier alpha value is -2.04. The SMILES string of the molecule is CCCN1C(=O)CCC2CN(C(=O)c3ccc4c(c3)CCCO4)CCC21. The Bertz CT molecular complexity index is 702. The van der Waals surface area contributed by atoms with Crippen LogP contribution < -0.4 is 4.74 Å². The predicted octanol–water partition coefficient (Wildman–Crippen LogP) is 2.87. The van der Waals surface area contributed by atoms with Crippen molar-refractivity contribution in [2.45, 2.75) is 51.5 Å². The van der Waals surface area contributed by atoms with Crippen LogP contribution in [0.15, 0.2) is 18.2 Å². The first-order valence-corrected chi connectivity index (χ1v) is 10.0. The van der Waals surface area contributed by atoms with Crippen LogP contribution in [-0.2, 0) is 11.2 Å². The van der Waals surface area contributed by atoms with Gasteiger partial charge in [-0.05, 0) is 61.8 Å². The summed E-state index contributed by atoms with van der Waals surface area (Å²) in [6.45, 7) is 5.24. The van der Waals surface area contributed by atoms with Gasteiger partial charge in [-0.3, -0.25) is 9.59 Å². The maximum atomic E-state index is 13.0. The molecular weight excluding hydrogens is 328 g/mol. The topological polar surface area (TPSA) is 49.9 Å². The molecule has 4 rings (SSSR count). The second kappa shape index (κ2) is 7.29. The van der Waals surface area contributed by atoms with Gasteiger partial charge in [0.2, 0.25) is 5.91 Å². The molecule has 2 saturated heterocycles. The third-order valence-corrected chi connectivity index (χ3v) is 6.05. The highest BCUT2D eigenvalue weighted by Gasteiger charge is 2.40. The minimum absolute atomic E-state index is 0.121. The summed E-state index contributed by atoms with van der Waals surface area (Å²) in [5, 5.41) is 0. The number of ether oxygens (including phenoxy) is 1. The fraction of sp³-hybridized carbons (Fsp3) is 0.619. The first-order chi connectivity index (χ1) is 12.7. The van der Waals surface area contributed by atoms with E-state index < -0.39 is 0 Å². The number of hydrogen-bond donors (Lipinski definition) is 0. The highest BCUT2D eigenvalue weighted by Crippen LogP contribution is 2.32. The zero-order valence-corrected chi connectivity index (χ0v) is 15.6. The van der Waals surface area contributed by atoms with E-state index in [1.165, 1.54) is 0 Å². The lowest BCUT2D eigenvalue weighted by atomic mass is 9.83. The molecular formula is C21H28N2O3. The molecule has 0 saturated carbocycles. The lowest BCUT2D eigenvalue weighted by Gasteiger charge is -2.47. The molecule has 0 bridgehead atoms. The molecule has 3 heterocycles. The van der Waals surface area contributed by atoms with Gasteiger partial charge in [0.25, 0.3) is 5.91 Å². The van der Waals surface area contributed by atoms with Crippen LogP contribution in [0.4, 0.5) is 0 Å². The Morgan fingerprint density at radius 1 is 1.27 bits per heavy atom. The smallest absolute Gasteiger partial charge is 0.253 e. The molecule has 3 aliphatic rings. The Morgan fingerprint density at radius 3 is 3.00 bits per heavy atom. The second-order valence-corrected chi connectivity index (χ2v) is 7.77. The van der Waals surface area contributed by atoms with E-state index in [2.05, 4.69) is 11.8 Å². The van der Waals surface area contributed by atoms with Crippen molar-refractivity contribution in [2.24, 2.45) is 5.92 Å². The summed E-state index contributed by atoms with van der Waals surface area (Å²) < 4.78 is 5.66. The molecule has 3 aliphatic heterocycles. The highest BCUT2D eigenvalue weighted by atomic mass is 16.5. The molecule has 0 spiro atoms. The summed E-state index contributed by atoms with van der Waals surface area (Å²) in [6, 6.07) is 6.16. The van der Waals surface area contributed by atoms with Gasteiger partial charge in [0, 0.05) is 37.7 Å². The number of aryl methyl sites for hydroxylation is 1. The van der Waals surface area contributed by atoms with E-state index in [9.17, 15) is 9.59 Å². The van der Waals surface area contributed by atoms with Crippen LogP contribution in [0.25, 0.3) is 0 Å². The summed E-state index contributed by atoms with van der Waals surface area (Å²) in [6.07, 6.45) is 5.42. The average molecular weight is 356 g/mol. The Balaban J connectivity index is 1.47. The minimum Gasteiger partial charge on any atom is -0.493 e. The summed E-state index contributed by atoms with van der Waals surface area (Å²) >= 11 is 0. The van der Waals surface area contributed by atoms with Gasteiger partial charge >= 0.3 is 0 Å². The molecule has 5 heteroatoms. The molecule has 2 fully saturated rings. The Kier molecular flexibility index (Phi) is 4.88. The van der Waals surface area contributed by atoms with Crippen LogP contribution in [0.3, 0.4) is 0 Å². The van der Waals surface area contributed by atoms with Crippen molar-refractivity contribution in [3.05, 3.63) is 29.3 Å². The quantitative estimate of drug-likeness (QED) is 0.837. The van der Waals surface area contributed by atoms with Crippen LogP contribution in [0.2, 0.25) is 0 Å². The Morgan fingerprint density at radius 2 is 2.15 bits per heavy atom. The first kappa shape index (κ1) is 17.4. The van der Waals surface area contributed by atoms with Gasteiger partial charge in [0.05, 0.1) is 6.61 Å². The summed E-state index contributed by atoms with van der Waals surface area (Å²) in [7, 11) is 0. The normalized spacial score (nSPS) is 25.3. The maximum Gasteiger partial charge on any atom is 0.253 e. The zero-order valence-electron chi connectivity index (χ0n) is 15.6. The van der Waals surface area contributed by atoms with Gasteiger partial charge in [-0.15, -0.1) is 0 Å². The number of benzene rings is 1. The van der Waals surface area contributed by atoms with Crippen molar-refractivity contribution in [3.63, 3.8) is 0 Å².